The third-order valence-electron chi connectivity index (χ3n) is 3.10. The molecule has 2 amide bonds. The largest absolute Gasteiger partial charge is 0.444 e. The number of ether oxygens (including phenoxy) is 1. The molecule has 1 saturated heterocycles. The highest BCUT2D eigenvalue weighted by Gasteiger charge is 2.37. The first-order valence-electron chi connectivity index (χ1n) is 6.94. The number of aliphatic hydroxyl groups excluding tert-OH is 1. The summed E-state index contributed by atoms with van der Waals surface area (Å²) in [5, 5.41) is 12.5. The van der Waals surface area contributed by atoms with Crippen LogP contribution in [0.25, 0.3) is 0 Å². The van der Waals surface area contributed by atoms with E-state index in [2.05, 4.69) is 5.32 Å². The maximum atomic E-state index is 12.1. The maximum Gasteiger partial charge on any atom is 0.410 e. The number of nitrogens with zero attached hydrogens (tertiary/aromatic N) is 1. The topological polar surface area (TPSA) is 78.9 Å². The molecule has 2 atom stereocenters. The van der Waals surface area contributed by atoms with Crippen molar-refractivity contribution in [1.29, 1.82) is 0 Å². The van der Waals surface area contributed by atoms with Crippen LogP contribution in [0.4, 0.5) is 4.79 Å². The third kappa shape index (κ3) is 5.99. The fourth-order valence-electron chi connectivity index (χ4n) is 2.17. The first kappa shape index (κ1) is 19.6. The Kier molecular flexibility index (Phi) is 6.62. The van der Waals surface area contributed by atoms with Gasteiger partial charge in [-0.1, -0.05) is 34.8 Å². The normalized spacial score (nSPS) is 20.7. The van der Waals surface area contributed by atoms with Crippen LogP contribution >= 0.6 is 34.8 Å². The van der Waals surface area contributed by atoms with Crippen LogP contribution < -0.4 is 5.32 Å². The summed E-state index contributed by atoms with van der Waals surface area (Å²) in [6.07, 6.45) is -0.0864. The second-order valence-corrected chi connectivity index (χ2v) is 8.44. The predicted octanol–water partition coefficient (Wildman–Crippen LogP) is 2.23. The van der Waals surface area contributed by atoms with Gasteiger partial charge < -0.3 is 20.1 Å². The summed E-state index contributed by atoms with van der Waals surface area (Å²) in [5.74, 6) is -0.821. The third-order valence-corrected chi connectivity index (χ3v) is 3.62. The number of halogens is 3. The molecule has 1 fully saturated rings. The summed E-state index contributed by atoms with van der Waals surface area (Å²) in [5.41, 5.74) is -0.612. The lowest BCUT2D eigenvalue weighted by molar-refractivity contribution is -0.120. The number of alkyl halides is 3. The molecule has 1 rings (SSSR count). The van der Waals surface area contributed by atoms with Gasteiger partial charge in [0.25, 0.3) is 9.70 Å². The van der Waals surface area contributed by atoms with Crippen molar-refractivity contribution in [2.24, 2.45) is 0 Å². The Labute approximate surface area is 145 Å². The molecule has 0 radical (unpaired) electrons. The summed E-state index contributed by atoms with van der Waals surface area (Å²) < 4.78 is 3.22. The molecule has 0 aromatic heterocycles. The minimum absolute atomic E-state index is 0.114. The van der Waals surface area contributed by atoms with Crippen molar-refractivity contribution < 1.29 is 19.4 Å². The molecule has 1 heterocycles. The second-order valence-electron chi connectivity index (χ2n) is 6.16. The fraction of sp³-hybridized carbons (Fsp3) is 0.846. The second kappa shape index (κ2) is 7.43. The monoisotopic (exact) mass is 374 g/mol. The Balaban J connectivity index is 2.59. The molecular formula is C13H21Cl3N2O4. The van der Waals surface area contributed by atoms with Gasteiger partial charge in [0.15, 0.2) is 0 Å². The molecule has 0 unspecified atom stereocenters. The number of nitrogens with one attached hydrogen (secondary N) is 1. The van der Waals surface area contributed by atoms with Gasteiger partial charge in [-0.2, -0.15) is 0 Å². The van der Waals surface area contributed by atoms with E-state index in [-0.39, 0.29) is 6.54 Å². The van der Waals surface area contributed by atoms with Crippen LogP contribution in [0.2, 0.25) is 0 Å². The minimum atomic E-state index is -2.08. The predicted molar refractivity (Wildman–Crippen MR) is 85.3 cm³/mol. The highest BCUT2D eigenvalue weighted by atomic mass is 35.6. The molecule has 2 N–H and O–H groups in total. The van der Waals surface area contributed by atoms with Gasteiger partial charge in [0, 0.05) is 13.1 Å². The van der Waals surface area contributed by atoms with Gasteiger partial charge in [-0.05, 0) is 33.6 Å². The molecule has 0 spiro atoms. The van der Waals surface area contributed by atoms with E-state index in [1.807, 2.05) is 0 Å². The van der Waals surface area contributed by atoms with Gasteiger partial charge in [-0.3, -0.25) is 4.79 Å². The molecular weight excluding hydrogens is 355 g/mol. The standard InChI is InChI=1S/C13H21Cl3N2O4/c1-12(2,3)22-11(21)18-6-4-5-8(18)9(19)7-17-10(20)13(14,15)16/h8-9,19H,4-7H2,1-3H3,(H,17,20)/t8-,9-/m1/s1. The highest BCUT2D eigenvalue weighted by molar-refractivity contribution is 6.76. The van der Waals surface area contributed by atoms with E-state index in [0.717, 1.165) is 6.42 Å². The van der Waals surface area contributed by atoms with E-state index in [9.17, 15) is 14.7 Å². The van der Waals surface area contributed by atoms with E-state index >= 15 is 0 Å². The van der Waals surface area contributed by atoms with Gasteiger partial charge in [0.1, 0.15) is 5.60 Å². The number of hydrogen-bond acceptors (Lipinski definition) is 4. The highest BCUT2D eigenvalue weighted by Crippen LogP contribution is 2.26. The molecule has 9 heteroatoms. The molecule has 0 bridgehead atoms. The van der Waals surface area contributed by atoms with Crippen molar-refractivity contribution >= 4 is 46.8 Å². The van der Waals surface area contributed by atoms with E-state index < -0.39 is 33.5 Å². The van der Waals surface area contributed by atoms with Crippen molar-refractivity contribution in [1.82, 2.24) is 10.2 Å². The molecule has 0 aromatic rings. The quantitative estimate of drug-likeness (QED) is 0.742. The average molecular weight is 376 g/mol. The zero-order valence-corrected chi connectivity index (χ0v) is 15.0. The maximum absolute atomic E-state index is 12.1. The number of carbonyl (C=O) groups is 2. The van der Waals surface area contributed by atoms with Crippen LogP contribution in [0.15, 0.2) is 0 Å². The van der Waals surface area contributed by atoms with Gasteiger partial charge in [-0.25, -0.2) is 4.79 Å². The Bertz CT molecular complexity index is 420. The van der Waals surface area contributed by atoms with Crippen molar-refractivity contribution in [2.75, 3.05) is 13.1 Å². The molecule has 6 nitrogen and oxygen atoms in total. The zero-order chi connectivity index (χ0) is 17.1. The van der Waals surface area contributed by atoms with Crippen LogP contribution in [0, 0.1) is 0 Å². The molecule has 22 heavy (non-hydrogen) atoms. The van der Waals surface area contributed by atoms with Crippen LogP contribution in [0.5, 0.6) is 0 Å². The number of amides is 2. The van der Waals surface area contributed by atoms with Crippen LogP contribution in [0.3, 0.4) is 0 Å². The number of aliphatic hydroxyl groups is 1. The van der Waals surface area contributed by atoms with Gasteiger partial charge in [0.2, 0.25) is 0 Å². The average Bonchev–Trinajstić information content (AvgIpc) is 2.81. The lowest BCUT2D eigenvalue weighted by Crippen LogP contribution is -2.49. The van der Waals surface area contributed by atoms with E-state index in [0.29, 0.717) is 13.0 Å². The number of hydrogen-bond donors (Lipinski definition) is 2. The van der Waals surface area contributed by atoms with Crippen molar-refractivity contribution in [2.45, 2.75) is 55.2 Å². The Morgan fingerprint density at radius 2 is 1.95 bits per heavy atom. The molecule has 1 aliphatic rings. The van der Waals surface area contributed by atoms with Crippen LogP contribution in [0.1, 0.15) is 33.6 Å². The number of rotatable bonds is 3. The molecule has 0 saturated carbocycles. The van der Waals surface area contributed by atoms with E-state index in [1.165, 1.54) is 4.90 Å². The fourth-order valence-corrected chi connectivity index (χ4v) is 2.37. The SMILES string of the molecule is CC(C)(C)OC(=O)N1CCC[C@@H]1[C@H](O)CNC(=O)C(Cl)(Cl)Cl. The number of carbonyl (C=O) groups excluding carboxylic acids is 2. The zero-order valence-electron chi connectivity index (χ0n) is 12.7. The summed E-state index contributed by atoms with van der Waals surface area (Å²) in [7, 11) is 0. The van der Waals surface area contributed by atoms with Crippen LogP contribution in [-0.2, 0) is 9.53 Å². The molecule has 0 aromatic carbocycles. The van der Waals surface area contributed by atoms with Crippen molar-refractivity contribution in [3.05, 3.63) is 0 Å². The number of likely N-dealkylation sites (tertiary alicyclic amines) is 1. The first-order valence-corrected chi connectivity index (χ1v) is 8.08. The summed E-state index contributed by atoms with van der Waals surface area (Å²) in [6.45, 7) is 5.70. The first-order chi connectivity index (χ1) is 9.92. The van der Waals surface area contributed by atoms with Crippen molar-refractivity contribution in [3.8, 4) is 0 Å². The summed E-state index contributed by atoms with van der Waals surface area (Å²) >= 11 is 16.3. The van der Waals surface area contributed by atoms with Crippen molar-refractivity contribution in [3.63, 3.8) is 0 Å². The summed E-state index contributed by atoms with van der Waals surface area (Å²) in [6, 6.07) is -0.439. The smallest absolute Gasteiger partial charge is 0.410 e. The van der Waals surface area contributed by atoms with Gasteiger partial charge >= 0.3 is 6.09 Å². The Hall–Kier alpha value is -0.430. The van der Waals surface area contributed by atoms with E-state index in [4.69, 9.17) is 39.5 Å². The molecule has 1 aliphatic heterocycles. The molecule has 128 valence electrons. The Morgan fingerprint density at radius 3 is 2.45 bits per heavy atom. The van der Waals surface area contributed by atoms with Gasteiger partial charge in [0.05, 0.1) is 12.1 Å². The lowest BCUT2D eigenvalue weighted by Gasteiger charge is -2.31. The minimum Gasteiger partial charge on any atom is -0.444 e. The van der Waals surface area contributed by atoms with Crippen LogP contribution in [-0.4, -0.2) is 56.6 Å². The summed E-state index contributed by atoms with van der Waals surface area (Å²) in [4.78, 5) is 25.0. The Morgan fingerprint density at radius 1 is 1.36 bits per heavy atom. The van der Waals surface area contributed by atoms with E-state index in [1.54, 1.807) is 20.8 Å². The lowest BCUT2D eigenvalue weighted by atomic mass is 10.1. The van der Waals surface area contributed by atoms with Gasteiger partial charge in [-0.15, -0.1) is 0 Å². The molecule has 0 aliphatic carbocycles.